The molecule has 0 bridgehead atoms. The monoisotopic (exact) mass is 273 g/mol. The fourth-order valence-corrected chi connectivity index (χ4v) is 2.27. The number of carbonyl (C=O) groups excluding carboxylic acids is 1. The van der Waals surface area contributed by atoms with Crippen molar-refractivity contribution in [2.45, 2.75) is 12.3 Å². The van der Waals surface area contributed by atoms with Gasteiger partial charge < -0.3 is 5.32 Å². The standard InChI is InChI=1S/C14H12ClN3O/c15-10-3-1-9(2-4-10)11-7-12(11)14(19)18-13-8-16-5-6-17-13/h1-6,8,11-12H,7H2,(H,17,18,19)/t11-,12-/m0/s1. The van der Waals surface area contributed by atoms with Crippen LogP contribution in [0.5, 0.6) is 0 Å². The molecular formula is C14H12ClN3O. The van der Waals surface area contributed by atoms with Gasteiger partial charge >= 0.3 is 0 Å². The predicted molar refractivity (Wildman–Crippen MR) is 73.0 cm³/mol. The molecule has 3 rings (SSSR count). The summed E-state index contributed by atoms with van der Waals surface area (Å²) in [6.07, 6.45) is 5.54. The summed E-state index contributed by atoms with van der Waals surface area (Å²) < 4.78 is 0. The van der Waals surface area contributed by atoms with Gasteiger partial charge in [0.2, 0.25) is 5.91 Å². The summed E-state index contributed by atoms with van der Waals surface area (Å²) in [5.74, 6) is 0.798. The maximum absolute atomic E-state index is 12.0. The maximum Gasteiger partial charge on any atom is 0.229 e. The Bertz CT molecular complexity index is 585. The molecule has 5 heteroatoms. The molecule has 1 aliphatic carbocycles. The van der Waals surface area contributed by atoms with Gasteiger partial charge in [0.1, 0.15) is 0 Å². The molecule has 0 saturated heterocycles. The van der Waals surface area contributed by atoms with Crippen molar-refractivity contribution < 1.29 is 4.79 Å². The maximum atomic E-state index is 12.0. The highest BCUT2D eigenvalue weighted by atomic mass is 35.5. The molecule has 4 nitrogen and oxygen atoms in total. The highest BCUT2D eigenvalue weighted by molar-refractivity contribution is 6.30. The number of nitrogens with zero attached hydrogens (tertiary/aromatic N) is 2. The van der Waals surface area contributed by atoms with Crippen molar-refractivity contribution in [1.82, 2.24) is 9.97 Å². The minimum atomic E-state index is 0.000417. The van der Waals surface area contributed by atoms with E-state index in [-0.39, 0.29) is 17.7 Å². The summed E-state index contributed by atoms with van der Waals surface area (Å²) in [6, 6.07) is 7.66. The number of nitrogens with one attached hydrogen (secondary N) is 1. The molecule has 19 heavy (non-hydrogen) atoms. The van der Waals surface area contributed by atoms with E-state index in [4.69, 9.17) is 11.6 Å². The number of halogens is 1. The smallest absolute Gasteiger partial charge is 0.229 e. The zero-order chi connectivity index (χ0) is 13.2. The molecule has 0 unspecified atom stereocenters. The molecule has 1 saturated carbocycles. The number of anilines is 1. The summed E-state index contributed by atoms with van der Waals surface area (Å²) in [7, 11) is 0. The van der Waals surface area contributed by atoms with Crippen molar-refractivity contribution in [2.24, 2.45) is 5.92 Å². The van der Waals surface area contributed by atoms with Gasteiger partial charge in [-0.15, -0.1) is 0 Å². The Morgan fingerprint density at radius 3 is 2.74 bits per heavy atom. The molecule has 2 atom stereocenters. The molecule has 2 aromatic rings. The number of carbonyl (C=O) groups is 1. The molecular weight excluding hydrogens is 262 g/mol. The van der Waals surface area contributed by atoms with Gasteiger partial charge in [0.25, 0.3) is 0 Å². The summed E-state index contributed by atoms with van der Waals surface area (Å²) in [5.41, 5.74) is 1.16. The van der Waals surface area contributed by atoms with E-state index in [0.717, 1.165) is 12.0 Å². The summed E-state index contributed by atoms with van der Waals surface area (Å²) in [5, 5.41) is 3.49. The van der Waals surface area contributed by atoms with Crippen molar-refractivity contribution in [2.75, 3.05) is 5.32 Å². The van der Waals surface area contributed by atoms with Crippen LogP contribution in [-0.2, 0) is 4.79 Å². The Morgan fingerprint density at radius 2 is 2.05 bits per heavy atom. The summed E-state index contributed by atoms with van der Waals surface area (Å²) in [4.78, 5) is 20.0. The van der Waals surface area contributed by atoms with Crippen LogP contribution in [0.25, 0.3) is 0 Å². The molecule has 1 fully saturated rings. The second-order valence-electron chi connectivity index (χ2n) is 4.58. The lowest BCUT2D eigenvalue weighted by molar-refractivity contribution is -0.117. The van der Waals surface area contributed by atoms with Crippen LogP contribution in [0.2, 0.25) is 5.02 Å². The molecule has 1 heterocycles. The number of aromatic nitrogens is 2. The Hall–Kier alpha value is -1.94. The minimum Gasteiger partial charge on any atom is -0.309 e. The van der Waals surface area contributed by atoms with Crippen molar-refractivity contribution in [1.29, 1.82) is 0 Å². The van der Waals surface area contributed by atoms with E-state index >= 15 is 0 Å². The van der Waals surface area contributed by atoms with E-state index in [9.17, 15) is 4.79 Å². The summed E-state index contributed by atoms with van der Waals surface area (Å²) >= 11 is 5.85. The van der Waals surface area contributed by atoms with E-state index in [1.165, 1.54) is 6.20 Å². The average Bonchev–Trinajstić information content (AvgIpc) is 3.21. The molecule has 0 spiro atoms. The second kappa shape index (κ2) is 4.97. The van der Waals surface area contributed by atoms with Crippen LogP contribution < -0.4 is 5.32 Å². The van der Waals surface area contributed by atoms with Crippen LogP contribution in [0.1, 0.15) is 17.9 Å². The van der Waals surface area contributed by atoms with Crippen LogP contribution in [0.4, 0.5) is 5.82 Å². The Kier molecular flexibility index (Phi) is 3.17. The zero-order valence-corrected chi connectivity index (χ0v) is 10.8. The molecule has 0 aliphatic heterocycles. The van der Waals surface area contributed by atoms with Gasteiger partial charge in [-0.1, -0.05) is 23.7 Å². The van der Waals surface area contributed by atoms with Gasteiger partial charge in [-0.2, -0.15) is 0 Å². The van der Waals surface area contributed by atoms with Gasteiger partial charge in [0, 0.05) is 23.3 Å². The van der Waals surface area contributed by atoms with E-state index in [2.05, 4.69) is 15.3 Å². The van der Waals surface area contributed by atoms with Crippen molar-refractivity contribution in [3.8, 4) is 0 Å². The zero-order valence-electron chi connectivity index (χ0n) is 10.1. The normalized spacial score (nSPS) is 20.9. The fraction of sp³-hybridized carbons (Fsp3) is 0.214. The van der Waals surface area contributed by atoms with E-state index < -0.39 is 0 Å². The number of rotatable bonds is 3. The molecule has 1 aromatic carbocycles. The second-order valence-corrected chi connectivity index (χ2v) is 5.02. The van der Waals surface area contributed by atoms with E-state index in [1.54, 1.807) is 12.4 Å². The van der Waals surface area contributed by atoms with Crippen LogP contribution in [0.15, 0.2) is 42.9 Å². The largest absolute Gasteiger partial charge is 0.309 e. The first kappa shape index (κ1) is 12.1. The lowest BCUT2D eigenvalue weighted by Gasteiger charge is -2.03. The molecule has 96 valence electrons. The highest BCUT2D eigenvalue weighted by Crippen LogP contribution is 2.48. The molecule has 1 N–H and O–H groups in total. The molecule has 0 radical (unpaired) electrons. The Labute approximate surface area is 115 Å². The predicted octanol–water partition coefficient (Wildman–Crippen LogP) is 2.87. The molecule has 1 amide bonds. The van der Waals surface area contributed by atoms with E-state index in [0.29, 0.717) is 10.8 Å². The highest BCUT2D eigenvalue weighted by Gasteiger charge is 2.43. The third kappa shape index (κ3) is 2.74. The average molecular weight is 274 g/mol. The Balaban J connectivity index is 1.63. The number of hydrogen-bond acceptors (Lipinski definition) is 3. The molecule has 1 aromatic heterocycles. The van der Waals surface area contributed by atoms with Crippen LogP contribution in [-0.4, -0.2) is 15.9 Å². The van der Waals surface area contributed by atoms with Crippen molar-refractivity contribution in [3.05, 3.63) is 53.4 Å². The SMILES string of the molecule is O=C(Nc1cnccn1)[C@H]1C[C@H]1c1ccc(Cl)cc1. The third-order valence-electron chi connectivity index (χ3n) is 3.24. The minimum absolute atomic E-state index is 0.000417. The lowest BCUT2D eigenvalue weighted by atomic mass is 10.1. The quantitative estimate of drug-likeness (QED) is 0.935. The number of hydrogen-bond donors (Lipinski definition) is 1. The van der Waals surface area contributed by atoms with Crippen molar-refractivity contribution in [3.63, 3.8) is 0 Å². The first-order valence-corrected chi connectivity index (χ1v) is 6.44. The van der Waals surface area contributed by atoms with E-state index in [1.807, 2.05) is 24.3 Å². The first-order valence-electron chi connectivity index (χ1n) is 6.06. The fourth-order valence-electron chi connectivity index (χ4n) is 2.15. The number of amides is 1. The van der Waals surface area contributed by atoms with Gasteiger partial charge in [0.05, 0.1) is 6.20 Å². The third-order valence-corrected chi connectivity index (χ3v) is 3.49. The first-order chi connectivity index (χ1) is 9.24. The van der Waals surface area contributed by atoms with Crippen molar-refractivity contribution >= 4 is 23.3 Å². The molecule has 1 aliphatic rings. The van der Waals surface area contributed by atoms with Gasteiger partial charge in [-0.05, 0) is 30.0 Å². The van der Waals surface area contributed by atoms with Crippen LogP contribution >= 0.6 is 11.6 Å². The van der Waals surface area contributed by atoms with Gasteiger partial charge in [-0.3, -0.25) is 9.78 Å². The topological polar surface area (TPSA) is 54.9 Å². The Morgan fingerprint density at radius 1 is 1.26 bits per heavy atom. The van der Waals surface area contributed by atoms with Gasteiger partial charge in [-0.25, -0.2) is 4.98 Å². The summed E-state index contributed by atoms with van der Waals surface area (Å²) in [6.45, 7) is 0. The van der Waals surface area contributed by atoms with Gasteiger partial charge in [0.15, 0.2) is 5.82 Å². The lowest BCUT2D eigenvalue weighted by Crippen LogP contribution is -2.15. The number of benzene rings is 1. The van der Waals surface area contributed by atoms with Crippen LogP contribution in [0.3, 0.4) is 0 Å². The van der Waals surface area contributed by atoms with Crippen LogP contribution in [0, 0.1) is 5.92 Å².